The van der Waals surface area contributed by atoms with E-state index in [1.54, 1.807) is 26.6 Å². The standard InChI is InChI=1S/C28H34N4O2.C27H31N3S.C26H30N4O.C26H29N3S.2BrH/c1-20-7-11-23(12-8-20)18-25(19-34-17-16-33-4)32-27-26(6-5-15-30-27)31(28(32)29)22(3)24-13-9-21(2)10-14-24;1-4-31-19-24(17-22-13-9-20(2)10-14-22)30-26-8-6-5-7-25(26)29(27(30)28)18-23-15-11-21(3)12-16-23;1-18-7-11-21(12-8-18)16-23(17-31-4)30-25-24(6-5-15-28-25)29(26(30)27)20(3)22-13-9-19(2)10-14-22;1-19-8-12-21(13-9-19)16-23(18-30-3)29-25-7-5-4-6-24(25)28(26(29)27)17-22-14-10-20(2)11-15-22;;/h5-15,22,25,29H,16-19H2,1-4H3;5-16,24,28H,4,17-19H2,1-3H3;5-15,20,23,27H,16-17H2,1-4H3;4-15,23,27H,16-18H2,1-3H3;2*1H/t;24-;;23-;;/m.0.0../s1. The molecule has 16 aromatic rings. The van der Waals surface area contributed by atoms with Gasteiger partial charge in [0.2, 0.25) is 22.5 Å². The van der Waals surface area contributed by atoms with Gasteiger partial charge in [0.25, 0.3) is 0 Å². The molecule has 4 unspecified atom stereocenters. The minimum absolute atomic E-state index is 0. The lowest BCUT2D eigenvalue weighted by atomic mass is 10.0. The van der Waals surface area contributed by atoms with Crippen LogP contribution in [0.25, 0.3) is 44.4 Å². The van der Waals surface area contributed by atoms with E-state index in [9.17, 15) is 5.41 Å². The summed E-state index contributed by atoms with van der Waals surface area (Å²) >= 11 is 3.80. The molecule has 668 valence electrons. The molecule has 0 saturated heterocycles. The van der Waals surface area contributed by atoms with Crippen LogP contribution in [0.2, 0.25) is 0 Å². The summed E-state index contributed by atoms with van der Waals surface area (Å²) in [6, 6.07) is 94.4. The SMILES string of the molecule is Br.Br.CCSC[C@H](Cc1ccc(C)cc1)n1c(=N)n(Cc2ccc(C)cc2)c2ccccc21.COCC(Cc1ccc(C)cc1)n1c(=N)n(C(C)c2ccc(C)cc2)c2cccnc21.COCCOCC(Cc1ccc(C)cc1)n1c(=N)n(C(C)c2ccc(C)cc2)c2cccnc21.CSC[C@H](Cc1ccc(C)cc1)n1c(=N)n(Cc2ccc(C)cc2)c2ccccc21. The molecule has 0 radical (unpaired) electrons. The van der Waals surface area contributed by atoms with Crippen LogP contribution >= 0.6 is 57.5 Å². The molecule has 0 aliphatic rings. The van der Waals surface area contributed by atoms with Crippen LogP contribution in [-0.2, 0) is 53.0 Å². The fraction of sp³-hybridized carbons (Fsp3) is 0.308. The van der Waals surface area contributed by atoms with Crippen molar-refractivity contribution >= 4 is 102 Å². The Morgan fingerprint density at radius 3 is 0.953 bits per heavy atom. The summed E-state index contributed by atoms with van der Waals surface area (Å²) in [6.45, 7) is 26.8. The van der Waals surface area contributed by atoms with Gasteiger partial charge in [-0.3, -0.25) is 30.8 Å². The average Bonchev–Trinajstić information content (AvgIpc) is 1.61. The monoisotopic (exact) mass is 1880 g/mol. The van der Waals surface area contributed by atoms with Gasteiger partial charge in [-0.2, -0.15) is 23.5 Å². The molecule has 6 atom stereocenters. The first-order valence-corrected chi connectivity index (χ1v) is 46.5. The van der Waals surface area contributed by atoms with Crippen molar-refractivity contribution in [2.45, 2.75) is 151 Å². The van der Waals surface area contributed by atoms with E-state index in [1.807, 2.05) is 44.8 Å². The van der Waals surface area contributed by atoms with Gasteiger partial charge in [-0.05, 0) is 200 Å². The molecule has 0 bridgehead atoms. The van der Waals surface area contributed by atoms with E-state index in [-0.39, 0.29) is 70.2 Å². The fourth-order valence-corrected chi connectivity index (χ4v) is 18.3. The topological polar surface area (TPSA) is 188 Å². The molecular weight excluding hydrogens is 1750 g/mol. The molecule has 6 heterocycles. The van der Waals surface area contributed by atoms with E-state index < -0.39 is 0 Å². The highest BCUT2D eigenvalue weighted by atomic mass is 79.9. The van der Waals surface area contributed by atoms with Crippen LogP contribution in [0.5, 0.6) is 0 Å². The Hall–Kier alpha value is -10.9. The molecule has 0 spiro atoms. The second-order valence-electron chi connectivity index (χ2n) is 33.5. The zero-order valence-electron chi connectivity index (χ0n) is 76.5. The number of hydrogen-bond acceptors (Lipinski definition) is 11. The Balaban J connectivity index is 0.000000165. The first-order chi connectivity index (χ1) is 61.1. The lowest BCUT2D eigenvalue weighted by Crippen LogP contribution is -2.33. The quantitative estimate of drug-likeness (QED) is 0.0302. The number of ether oxygens (including phenoxy) is 3. The lowest BCUT2D eigenvalue weighted by Gasteiger charge is -2.20. The third kappa shape index (κ3) is 24.2. The van der Waals surface area contributed by atoms with Gasteiger partial charge in [-0.25, -0.2) is 9.97 Å². The van der Waals surface area contributed by atoms with Crippen molar-refractivity contribution in [3.05, 3.63) is 391 Å². The van der Waals surface area contributed by atoms with E-state index in [1.165, 1.54) is 89.0 Å². The number of aromatic nitrogens is 10. The Labute approximate surface area is 784 Å². The summed E-state index contributed by atoms with van der Waals surface area (Å²) in [5, 5.41) is 36.6. The third-order valence-corrected chi connectivity index (χ3v) is 25.6. The number of halogens is 2. The number of rotatable bonds is 32. The Kier molecular flexibility index (Phi) is 35.8. The van der Waals surface area contributed by atoms with Gasteiger partial charge in [0.15, 0.2) is 11.3 Å². The van der Waals surface area contributed by atoms with E-state index in [4.69, 9.17) is 35.4 Å². The maximum Gasteiger partial charge on any atom is 0.205 e. The predicted molar refractivity (Wildman–Crippen MR) is 542 cm³/mol. The van der Waals surface area contributed by atoms with Crippen molar-refractivity contribution in [2.24, 2.45) is 0 Å². The molecule has 0 aliphatic carbocycles. The summed E-state index contributed by atoms with van der Waals surface area (Å²) in [5.41, 5.74) is 30.0. The second kappa shape index (κ2) is 46.9. The van der Waals surface area contributed by atoms with Gasteiger partial charge in [0.1, 0.15) is 0 Å². The third-order valence-electron chi connectivity index (χ3n) is 23.9. The van der Waals surface area contributed by atoms with E-state index in [0.717, 1.165) is 87.3 Å². The van der Waals surface area contributed by atoms with Crippen molar-refractivity contribution in [1.29, 1.82) is 21.6 Å². The zero-order valence-corrected chi connectivity index (χ0v) is 81.6. The van der Waals surface area contributed by atoms with Gasteiger partial charge >= 0.3 is 0 Å². The van der Waals surface area contributed by atoms with Crippen molar-refractivity contribution in [3.63, 3.8) is 0 Å². The Bertz CT molecular complexity index is 6470. The number of nitrogens with zero attached hydrogens (tertiary/aromatic N) is 10. The van der Waals surface area contributed by atoms with Crippen molar-refractivity contribution in [2.75, 3.05) is 64.2 Å². The van der Waals surface area contributed by atoms with E-state index >= 15 is 0 Å². The maximum atomic E-state index is 9.25. The number of aryl methyl sites for hydroxylation is 8. The normalized spacial score (nSPS) is 12.7. The van der Waals surface area contributed by atoms with Crippen LogP contribution in [0.1, 0.15) is 146 Å². The molecule has 0 saturated carbocycles. The van der Waals surface area contributed by atoms with Gasteiger partial charge < -0.3 is 41.6 Å². The van der Waals surface area contributed by atoms with Crippen molar-refractivity contribution in [1.82, 2.24) is 46.5 Å². The predicted octanol–water partition coefficient (Wildman–Crippen LogP) is 23.0. The molecule has 128 heavy (non-hydrogen) atoms. The molecule has 21 heteroatoms. The van der Waals surface area contributed by atoms with Crippen LogP contribution in [-0.4, -0.2) is 111 Å². The molecule has 10 aromatic carbocycles. The van der Waals surface area contributed by atoms with Gasteiger partial charge in [0.05, 0.1) is 109 Å². The average molecular weight is 1880 g/mol. The summed E-state index contributed by atoms with van der Waals surface area (Å²) in [6.07, 6.45) is 9.14. The summed E-state index contributed by atoms with van der Waals surface area (Å²) in [5.74, 6) is 3.06. The highest BCUT2D eigenvalue weighted by Gasteiger charge is 2.28. The number of imidazole rings is 4. The maximum absolute atomic E-state index is 9.25. The molecule has 0 fully saturated rings. The summed E-state index contributed by atoms with van der Waals surface area (Å²) < 4.78 is 33.7. The molecule has 4 N–H and O–H groups in total. The number of methoxy groups -OCH3 is 2. The Morgan fingerprint density at radius 1 is 0.320 bits per heavy atom. The lowest BCUT2D eigenvalue weighted by molar-refractivity contribution is 0.0530. The van der Waals surface area contributed by atoms with E-state index in [0.29, 0.717) is 62.0 Å². The van der Waals surface area contributed by atoms with E-state index in [2.05, 4.69) is 370 Å². The highest BCUT2D eigenvalue weighted by molar-refractivity contribution is 8.93. The summed E-state index contributed by atoms with van der Waals surface area (Å²) in [7, 11) is 3.39. The van der Waals surface area contributed by atoms with Crippen LogP contribution < -0.4 is 22.5 Å². The number of fused-ring (bicyclic) bond motifs is 4. The molecule has 6 aromatic heterocycles. The molecule has 0 amide bonds. The van der Waals surface area contributed by atoms with Crippen LogP contribution in [0.3, 0.4) is 0 Å². The molecule has 17 nitrogen and oxygen atoms in total. The first-order valence-electron chi connectivity index (χ1n) is 43.9. The number of benzene rings is 10. The number of hydrogen-bond donors (Lipinski definition) is 4. The number of pyridine rings is 2. The highest BCUT2D eigenvalue weighted by Crippen LogP contribution is 2.32. The molecular formula is C107H126Br2N14O3S2. The van der Waals surface area contributed by atoms with Crippen LogP contribution in [0.4, 0.5) is 0 Å². The van der Waals surface area contributed by atoms with Crippen molar-refractivity contribution < 1.29 is 14.2 Å². The largest absolute Gasteiger partial charge is 0.383 e. The molecule has 0 aliphatic heterocycles. The number of para-hydroxylation sites is 4. The Morgan fingerprint density at radius 2 is 0.625 bits per heavy atom. The molecule has 16 rings (SSSR count). The van der Waals surface area contributed by atoms with Crippen LogP contribution in [0.15, 0.2) is 279 Å². The first kappa shape index (κ1) is 97.7. The van der Waals surface area contributed by atoms with Gasteiger partial charge in [-0.1, -0.05) is 270 Å². The fourth-order valence-electron chi connectivity index (χ4n) is 16.9. The zero-order chi connectivity index (χ0) is 88.9. The van der Waals surface area contributed by atoms with Gasteiger partial charge in [0, 0.05) is 38.1 Å². The minimum Gasteiger partial charge on any atom is -0.383 e. The second-order valence-corrected chi connectivity index (χ2v) is 35.7. The summed E-state index contributed by atoms with van der Waals surface area (Å²) in [4.78, 5) is 9.39. The smallest absolute Gasteiger partial charge is 0.205 e. The number of nitrogens with one attached hydrogen (secondary N) is 4. The minimum atomic E-state index is -0.0732. The van der Waals surface area contributed by atoms with Crippen LogP contribution in [0, 0.1) is 77.0 Å². The number of thioether (sulfide) groups is 2. The van der Waals surface area contributed by atoms with Crippen molar-refractivity contribution in [3.8, 4) is 0 Å². The van der Waals surface area contributed by atoms with Gasteiger partial charge in [-0.15, -0.1) is 34.0 Å².